The summed E-state index contributed by atoms with van der Waals surface area (Å²) < 4.78 is 3.04. The highest BCUT2D eigenvalue weighted by atomic mass is 79.9. The Kier molecular flexibility index (Phi) is 4.25. The number of thioether (sulfide) groups is 1. The number of hydrogen-bond donors (Lipinski definition) is 1. The van der Waals surface area contributed by atoms with Crippen LogP contribution in [-0.4, -0.2) is 21.1 Å². The van der Waals surface area contributed by atoms with Gasteiger partial charge < -0.3 is 5.32 Å². The maximum Gasteiger partial charge on any atom is 0.128 e. The van der Waals surface area contributed by atoms with E-state index in [0.717, 1.165) is 33.1 Å². The number of anilines is 1. The van der Waals surface area contributed by atoms with Crippen LogP contribution < -0.4 is 5.32 Å². The third kappa shape index (κ3) is 2.91. The monoisotopic (exact) mass is 399 g/mol. The highest BCUT2D eigenvalue weighted by Crippen LogP contribution is 2.50. The van der Waals surface area contributed by atoms with Crippen LogP contribution in [0.5, 0.6) is 0 Å². The molecule has 3 nitrogen and oxygen atoms in total. The molecule has 1 unspecified atom stereocenters. The Hall–Kier alpha value is -0.650. The second kappa shape index (κ2) is 5.77. The van der Waals surface area contributed by atoms with Gasteiger partial charge in [-0.25, -0.2) is 0 Å². The van der Waals surface area contributed by atoms with Crippen LogP contribution in [0.1, 0.15) is 35.9 Å². The van der Waals surface area contributed by atoms with Crippen LogP contribution >= 0.6 is 39.3 Å². The predicted octanol–water partition coefficient (Wildman–Crippen LogP) is 5.17. The van der Waals surface area contributed by atoms with Gasteiger partial charge in [-0.1, -0.05) is 33.6 Å². The van der Waals surface area contributed by atoms with Crippen molar-refractivity contribution in [2.24, 2.45) is 7.05 Å². The molecule has 0 aliphatic carbocycles. The van der Waals surface area contributed by atoms with Crippen LogP contribution in [0.25, 0.3) is 0 Å². The zero-order chi connectivity index (χ0) is 16.1. The van der Waals surface area contributed by atoms with Gasteiger partial charge in [0.2, 0.25) is 0 Å². The summed E-state index contributed by atoms with van der Waals surface area (Å²) in [4.78, 5) is 0. The van der Waals surface area contributed by atoms with Crippen LogP contribution in [-0.2, 0) is 7.05 Å². The van der Waals surface area contributed by atoms with Gasteiger partial charge in [0.1, 0.15) is 5.82 Å². The second-order valence-electron chi connectivity index (χ2n) is 6.25. The van der Waals surface area contributed by atoms with Crippen LogP contribution in [0, 0.1) is 6.92 Å². The summed E-state index contributed by atoms with van der Waals surface area (Å²) >= 11 is 12.0. The molecule has 1 aliphatic rings. The van der Waals surface area contributed by atoms with E-state index in [1.54, 1.807) is 0 Å². The molecule has 3 rings (SSSR count). The number of aromatic nitrogens is 2. The Bertz CT molecular complexity index is 726. The number of hydrogen-bond acceptors (Lipinski definition) is 3. The molecule has 0 saturated carbocycles. The van der Waals surface area contributed by atoms with Crippen molar-refractivity contribution in [2.45, 2.75) is 30.8 Å². The van der Waals surface area contributed by atoms with Crippen molar-refractivity contribution in [3.63, 3.8) is 0 Å². The molecule has 0 spiro atoms. The van der Waals surface area contributed by atoms with Gasteiger partial charge >= 0.3 is 0 Å². The first-order valence-electron chi connectivity index (χ1n) is 7.18. The molecule has 118 valence electrons. The maximum absolute atomic E-state index is 6.54. The average molecular weight is 401 g/mol. The van der Waals surface area contributed by atoms with Crippen molar-refractivity contribution in [3.8, 4) is 0 Å². The summed E-state index contributed by atoms with van der Waals surface area (Å²) in [6, 6.07) is 6.13. The Morgan fingerprint density at radius 2 is 2.18 bits per heavy atom. The van der Waals surface area contributed by atoms with Crippen LogP contribution in [0.3, 0.4) is 0 Å². The molecule has 1 aromatic heterocycles. The number of aryl methyl sites for hydroxylation is 2. The van der Waals surface area contributed by atoms with Crippen LogP contribution in [0.2, 0.25) is 5.02 Å². The Morgan fingerprint density at radius 1 is 1.45 bits per heavy atom. The standard InChI is InChI=1S/C16H19BrClN3S/c1-9-13-14(11-6-5-10(17)7-12(11)18)22-16(2,3)8-19-15(13)21(4)20-9/h5-7,14,19H,8H2,1-4H3. The Labute approximate surface area is 148 Å². The van der Waals surface area contributed by atoms with Gasteiger partial charge in [0.05, 0.1) is 10.9 Å². The van der Waals surface area contributed by atoms with Gasteiger partial charge in [0.15, 0.2) is 0 Å². The molecule has 0 saturated heterocycles. The van der Waals surface area contributed by atoms with Crippen LogP contribution in [0.4, 0.5) is 5.82 Å². The van der Waals surface area contributed by atoms with E-state index in [9.17, 15) is 0 Å². The first-order chi connectivity index (χ1) is 10.3. The molecule has 1 N–H and O–H groups in total. The molecular weight excluding hydrogens is 382 g/mol. The number of fused-ring (bicyclic) bond motifs is 1. The number of rotatable bonds is 1. The van der Waals surface area contributed by atoms with Gasteiger partial charge in [-0.15, -0.1) is 11.8 Å². The number of benzene rings is 1. The molecule has 2 aromatic rings. The lowest BCUT2D eigenvalue weighted by Gasteiger charge is -2.27. The van der Waals surface area contributed by atoms with Crippen molar-refractivity contribution in [1.29, 1.82) is 0 Å². The molecule has 1 aliphatic heterocycles. The van der Waals surface area contributed by atoms with Crippen molar-refractivity contribution in [3.05, 3.63) is 44.5 Å². The highest BCUT2D eigenvalue weighted by Gasteiger charge is 2.35. The molecule has 0 amide bonds. The quantitative estimate of drug-likeness (QED) is 0.716. The van der Waals surface area contributed by atoms with Crippen molar-refractivity contribution >= 4 is 45.1 Å². The number of nitrogens with zero attached hydrogens (tertiary/aromatic N) is 2. The SMILES string of the molecule is Cc1nn(C)c2c1C(c1ccc(Br)cc1Cl)SC(C)(C)CN2. The van der Waals surface area contributed by atoms with E-state index in [2.05, 4.69) is 59.2 Å². The summed E-state index contributed by atoms with van der Waals surface area (Å²) in [6.07, 6.45) is 0. The average Bonchev–Trinajstić information content (AvgIpc) is 2.59. The van der Waals surface area contributed by atoms with Gasteiger partial charge in [0, 0.05) is 33.4 Å². The minimum absolute atomic E-state index is 0.104. The van der Waals surface area contributed by atoms with E-state index >= 15 is 0 Å². The highest BCUT2D eigenvalue weighted by molar-refractivity contribution is 9.10. The molecule has 1 atom stereocenters. The van der Waals surface area contributed by atoms with E-state index in [1.165, 1.54) is 5.56 Å². The van der Waals surface area contributed by atoms with E-state index in [-0.39, 0.29) is 10.00 Å². The molecule has 6 heteroatoms. The van der Waals surface area contributed by atoms with Gasteiger partial charge in [-0.3, -0.25) is 4.68 Å². The third-order valence-electron chi connectivity index (χ3n) is 3.89. The lowest BCUT2D eigenvalue weighted by atomic mass is 10.0. The fourth-order valence-corrected chi connectivity index (χ4v) is 5.22. The fraction of sp³-hybridized carbons (Fsp3) is 0.438. The van der Waals surface area contributed by atoms with E-state index in [4.69, 9.17) is 11.6 Å². The molecule has 1 aromatic carbocycles. The molecule has 0 fully saturated rings. The molecule has 2 heterocycles. The van der Waals surface area contributed by atoms with E-state index in [1.807, 2.05) is 29.6 Å². The minimum atomic E-state index is 0.104. The van der Waals surface area contributed by atoms with Gasteiger partial charge in [0.25, 0.3) is 0 Å². The zero-order valence-electron chi connectivity index (χ0n) is 13.1. The maximum atomic E-state index is 6.54. The first-order valence-corrected chi connectivity index (χ1v) is 9.24. The van der Waals surface area contributed by atoms with Crippen LogP contribution in [0.15, 0.2) is 22.7 Å². The number of halogens is 2. The van der Waals surface area contributed by atoms with Crippen molar-refractivity contribution < 1.29 is 0 Å². The summed E-state index contributed by atoms with van der Waals surface area (Å²) in [5.41, 5.74) is 3.44. The van der Waals surface area contributed by atoms with E-state index < -0.39 is 0 Å². The molecular formula is C16H19BrClN3S. The lowest BCUT2D eigenvalue weighted by molar-refractivity contribution is 0.721. The lowest BCUT2D eigenvalue weighted by Crippen LogP contribution is -2.26. The minimum Gasteiger partial charge on any atom is -0.369 e. The molecule has 22 heavy (non-hydrogen) atoms. The third-order valence-corrected chi connectivity index (χ3v) is 6.22. The summed E-state index contributed by atoms with van der Waals surface area (Å²) in [6.45, 7) is 7.49. The van der Waals surface area contributed by atoms with Gasteiger partial charge in [-0.2, -0.15) is 5.10 Å². The van der Waals surface area contributed by atoms with Crippen molar-refractivity contribution in [1.82, 2.24) is 9.78 Å². The Morgan fingerprint density at radius 3 is 2.86 bits per heavy atom. The van der Waals surface area contributed by atoms with Crippen molar-refractivity contribution in [2.75, 3.05) is 11.9 Å². The molecule has 0 bridgehead atoms. The molecule has 0 radical (unpaired) electrons. The predicted molar refractivity (Wildman–Crippen MR) is 99.1 cm³/mol. The van der Waals surface area contributed by atoms with Gasteiger partial charge in [-0.05, 0) is 38.5 Å². The van der Waals surface area contributed by atoms with E-state index in [0.29, 0.717) is 0 Å². The Balaban J connectivity index is 2.19. The fourth-order valence-electron chi connectivity index (χ4n) is 2.85. The topological polar surface area (TPSA) is 29.9 Å². The second-order valence-corrected chi connectivity index (χ2v) is 9.38. The summed E-state index contributed by atoms with van der Waals surface area (Å²) in [7, 11) is 1.99. The normalized spacial score (nSPS) is 20.2. The summed E-state index contributed by atoms with van der Waals surface area (Å²) in [5, 5.41) is 9.12. The smallest absolute Gasteiger partial charge is 0.128 e. The zero-order valence-corrected chi connectivity index (χ0v) is 16.2. The number of nitrogens with one attached hydrogen (secondary N) is 1. The first kappa shape index (κ1) is 16.2. The summed E-state index contributed by atoms with van der Waals surface area (Å²) in [5.74, 6) is 1.10. The largest absolute Gasteiger partial charge is 0.369 e.